The number of nitrogens with zero attached hydrogens (tertiary/aromatic N) is 3. The Morgan fingerprint density at radius 2 is 2.11 bits per heavy atom. The van der Waals surface area contributed by atoms with Crippen molar-refractivity contribution in [3.8, 4) is 0 Å². The second kappa shape index (κ2) is 5.48. The first kappa shape index (κ1) is 14.6. The van der Waals surface area contributed by atoms with Crippen LogP contribution in [-0.4, -0.2) is 39.8 Å². The van der Waals surface area contributed by atoms with Gasteiger partial charge in [0.25, 0.3) is 0 Å². The number of carboxylic acids is 1. The maximum Gasteiger partial charge on any atom is 0.358 e. The average Bonchev–Trinajstić information content (AvgIpc) is 2.69. The minimum Gasteiger partial charge on any atom is -0.476 e. The lowest BCUT2D eigenvalue weighted by Crippen LogP contribution is -2.24. The lowest BCUT2D eigenvalue weighted by atomic mass is 9.90. The maximum absolute atomic E-state index is 11.2. The molecule has 1 heterocycles. The van der Waals surface area contributed by atoms with E-state index in [0.717, 1.165) is 6.42 Å². The number of ether oxygens (including phenoxy) is 1. The molecule has 0 saturated heterocycles. The van der Waals surface area contributed by atoms with Gasteiger partial charge in [-0.15, -0.1) is 5.10 Å². The molecule has 1 aromatic rings. The molecule has 0 fully saturated rings. The van der Waals surface area contributed by atoms with Crippen LogP contribution in [0.4, 0.5) is 0 Å². The molecule has 1 rings (SSSR count). The lowest BCUT2D eigenvalue weighted by Gasteiger charge is -2.23. The summed E-state index contributed by atoms with van der Waals surface area (Å²) in [6, 6.07) is 0.0553. The third-order valence-electron chi connectivity index (χ3n) is 2.76. The monoisotopic (exact) mass is 255 g/mol. The van der Waals surface area contributed by atoms with Crippen molar-refractivity contribution >= 4 is 5.97 Å². The molecule has 1 N–H and O–H groups in total. The van der Waals surface area contributed by atoms with Gasteiger partial charge in [-0.1, -0.05) is 26.0 Å². The van der Waals surface area contributed by atoms with Gasteiger partial charge in [-0.05, 0) is 13.3 Å². The second-order valence-corrected chi connectivity index (χ2v) is 5.42. The number of aromatic nitrogens is 3. The summed E-state index contributed by atoms with van der Waals surface area (Å²) >= 11 is 0. The smallest absolute Gasteiger partial charge is 0.358 e. The Balaban J connectivity index is 3.16. The van der Waals surface area contributed by atoms with E-state index in [1.165, 1.54) is 0 Å². The van der Waals surface area contributed by atoms with Gasteiger partial charge in [0.05, 0.1) is 11.7 Å². The van der Waals surface area contributed by atoms with Crippen molar-refractivity contribution in [2.75, 3.05) is 13.7 Å². The first-order valence-electron chi connectivity index (χ1n) is 5.97. The molecule has 1 atom stereocenters. The Bertz CT molecular complexity index is 421. The predicted molar refractivity (Wildman–Crippen MR) is 66.9 cm³/mol. The van der Waals surface area contributed by atoms with Gasteiger partial charge in [-0.2, -0.15) is 0 Å². The normalized spacial score (nSPS) is 13.6. The molecule has 6 nitrogen and oxygen atoms in total. The van der Waals surface area contributed by atoms with Crippen LogP contribution in [0.25, 0.3) is 0 Å². The average molecular weight is 255 g/mol. The van der Waals surface area contributed by atoms with Crippen molar-refractivity contribution in [3.05, 3.63) is 11.4 Å². The Morgan fingerprint density at radius 1 is 1.50 bits per heavy atom. The Labute approximate surface area is 107 Å². The molecular formula is C12H21N3O3. The van der Waals surface area contributed by atoms with Crippen LogP contribution in [0.3, 0.4) is 0 Å². The second-order valence-electron chi connectivity index (χ2n) is 5.42. The molecule has 0 amide bonds. The molecule has 1 aromatic heterocycles. The van der Waals surface area contributed by atoms with Crippen LogP contribution in [0.1, 0.15) is 56.3 Å². The third-order valence-corrected chi connectivity index (χ3v) is 2.76. The van der Waals surface area contributed by atoms with E-state index in [4.69, 9.17) is 9.84 Å². The SMILES string of the molecule is COCCC(C)n1nnc(C(=O)O)c1C(C)(C)C. The predicted octanol–water partition coefficient (Wildman–Crippen LogP) is 1.87. The van der Waals surface area contributed by atoms with E-state index in [-0.39, 0.29) is 17.2 Å². The van der Waals surface area contributed by atoms with Gasteiger partial charge < -0.3 is 9.84 Å². The van der Waals surface area contributed by atoms with Crippen molar-refractivity contribution in [1.82, 2.24) is 15.0 Å². The van der Waals surface area contributed by atoms with Crippen LogP contribution < -0.4 is 0 Å². The summed E-state index contributed by atoms with van der Waals surface area (Å²) in [6.07, 6.45) is 0.766. The van der Waals surface area contributed by atoms with E-state index in [1.54, 1.807) is 11.8 Å². The van der Waals surface area contributed by atoms with Crippen molar-refractivity contribution in [3.63, 3.8) is 0 Å². The largest absolute Gasteiger partial charge is 0.476 e. The topological polar surface area (TPSA) is 77.2 Å². The molecule has 0 bridgehead atoms. The molecule has 102 valence electrons. The van der Waals surface area contributed by atoms with E-state index >= 15 is 0 Å². The van der Waals surface area contributed by atoms with Crippen molar-refractivity contribution in [2.24, 2.45) is 0 Å². The summed E-state index contributed by atoms with van der Waals surface area (Å²) in [5.74, 6) is -1.04. The van der Waals surface area contributed by atoms with Crippen molar-refractivity contribution in [1.29, 1.82) is 0 Å². The zero-order valence-corrected chi connectivity index (χ0v) is 11.6. The summed E-state index contributed by atoms with van der Waals surface area (Å²) in [6.45, 7) is 8.45. The quantitative estimate of drug-likeness (QED) is 0.869. The lowest BCUT2D eigenvalue weighted by molar-refractivity contribution is 0.0687. The zero-order chi connectivity index (χ0) is 13.9. The highest BCUT2D eigenvalue weighted by atomic mass is 16.5. The Kier molecular flexibility index (Phi) is 4.45. The molecule has 0 aliphatic heterocycles. The number of methoxy groups -OCH3 is 1. The van der Waals surface area contributed by atoms with E-state index in [0.29, 0.717) is 12.3 Å². The summed E-state index contributed by atoms with van der Waals surface area (Å²) in [7, 11) is 1.64. The molecule has 0 radical (unpaired) electrons. The molecule has 18 heavy (non-hydrogen) atoms. The van der Waals surface area contributed by atoms with Gasteiger partial charge in [-0.3, -0.25) is 0 Å². The molecule has 6 heteroatoms. The molecule has 0 aliphatic carbocycles. The third kappa shape index (κ3) is 3.07. The van der Waals surface area contributed by atoms with E-state index < -0.39 is 5.97 Å². The minimum atomic E-state index is -1.04. The fraction of sp³-hybridized carbons (Fsp3) is 0.750. The number of hydrogen-bond acceptors (Lipinski definition) is 4. The van der Waals surface area contributed by atoms with E-state index in [2.05, 4.69) is 10.3 Å². The molecule has 0 aliphatic rings. The maximum atomic E-state index is 11.2. The Hall–Kier alpha value is -1.43. The number of carboxylic acid groups (broad SMARTS) is 1. The standard InChI is InChI=1S/C12H21N3O3/c1-8(6-7-18-5)15-10(12(2,3)4)9(11(16)17)13-14-15/h8H,6-7H2,1-5H3,(H,16,17). The molecule has 1 unspecified atom stereocenters. The van der Waals surface area contributed by atoms with Crippen LogP contribution in [0.5, 0.6) is 0 Å². The first-order chi connectivity index (χ1) is 8.29. The van der Waals surface area contributed by atoms with Gasteiger partial charge >= 0.3 is 5.97 Å². The summed E-state index contributed by atoms with van der Waals surface area (Å²) in [5.41, 5.74) is 0.365. The fourth-order valence-corrected chi connectivity index (χ4v) is 1.86. The summed E-state index contributed by atoms with van der Waals surface area (Å²) in [5, 5.41) is 16.9. The number of aromatic carboxylic acids is 1. The number of rotatable bonds is 5. The number of carbonyl (C=O) groups is 1. The van der Waals surface area contributed by atoms with E-state index in [1.807, 2.05) is 27.7 Å². The fourth-order valence-electron chi connectivity index (χ4n) is 1.86. The van der Waals surface area contributed by atoms with Crippen LogP contribution in [0.15, 0.2) is 0 Å². The first-order valence-corrected chi connectivity index (χ1v) is 5.97. The van der Waals surface area contributed by atoms with Gasteiger partial charge in [0.15, 0.2) is 5.69 Å². The highest BCUT2D eigenvalue weighted by molar-refractivity contribution is 5.86. The molecule has 0 saturated carbocycles. The van der Waals surface area contributed by atoms with Gasteiger partial charge in [-0.25, -0.2) is 9.48 Å². The molecular weight excluding hydrogens is 234 g/mol. The highest BCUT2D eigenvalue weighted by Crippen LogP contribution is 2.27. The van der Waals surface area contributed by atoms with Gasteiger partial charge in [0.2, 0.25) is 0 Å². The van der Waals surface area contributed by atoms with Crippen LogP contribution in [0.2, 0.25) is 0 Å². The zero-order valence-electron chi connectivity index (χ0n) is 11.6. The molecule has 0 aromatic carbocycles. The van der Waals surface area contributed by atoms with Crippen LogP contribution >= 0.6 is 0 Å². The highest BCUT2D eigenvalue weighted by Gasteiger charge is 2.30. The van der Waals surface area contributed by atoms with E-state index in [9.17, 15) is 4.79 Å². The molecule has 0 spiro atoms. The minimum absolute atomic E-state index is 0.0340. The summed E-state index contributed by atoms with van der Waals surface area (Å²) in [4.78, 5) is 11.2. The van der Waals surface area contributed by atoms with Crippen molar-refractivity contribution in [2.45, 2.75) is 45.6 Å². The van der Waals surface area contributed by atoms with Gasteiger partial charge in [0, 0.05) is 19.1 Å². The van der Waals surface area contributed by atoms with Crippen molar-refractivity contribution < 1.29 is 14.6 Å². The summed E-state index contributed by atoms with van der Waals surface area (Å²) < 4.78 is 6.73. The van der Waals surface area contributed by atoms with Crippen LogP contribution in [-0.2, 0) is 10.2 Å². The Morgan fingerprint density at radius 3 is 2.56 bits per heavy atom. The number of hydrogen-bond donors (Lipinski definition) is 1. The van der Waals surface area contributed by atoms with Gasteiger partial charge in [0.1, 0.15) is 0 Å². The van der Waals surface area contributed by atoms with Crippen LogP contribution in [0, 0.1) is 0 Å².